The van der Waals surface area contributed by atoms with E-state index in [4.69, 9.17) is 9.97 Å². The number of nitrogens with one attached hydrogen (secondary N) is 1. The fourth-order valence-electron chi connectivity index (χ4n) is 3.50. The molecule has 4 rings (SSSR count). The number of aromatic nitrogens is 4. The molecule has 1 aliphatic rings. The van der Waals surface area contributed by atoms with Crippen LogP contribution in [0.5, 0.6) is 0 Å². The third kappa shape index (κ3) is 4.56. The normalized spacial score (nSPS) is 14.1. The molecule has 30 heavy (non-hydrogen) atoms. The van der Waals surface area contributed by atoms with E-state index in [1.165, 1.54) is 37.1 Å². The van der Waals surface area contributed by atoms with Gasteiger partial charge in [-0.2, -0.15) is 5.10 Å². The van der Waals surface area contributed by atoms with Crippen LogP contribution in [0, 0.1) is 5.82 Å². The zero-order valence-corrected chi connectivity index (χ0v) is 18.0. The number of benzene rings is 1. The Kier molecular flexibility index (Phi) is 6.17. The van der Waals surface area contributed by atoms with Gasteiger partial charge in [0.2, 0.25) is 0 Å². The van der Waals surface area contributed by atoms with Gasteiger partial charge in [-0.05, 0) is 37.1 Å². The molecular weight excluding hydrogens is 403 g/mol. The Labute approximate surface area is 179 Å². The summed E-state index contributed by atoms with van der Waals surface area (Å²) in [6, 6.07) is 5.50. The summed E-state index contributed by atoms with van der Waals surface area (Å²) in [5, 5.41) is 9.42. The molecule has 1 aromatic carbocycles. The first-order chi connectivity index (χ1) is 14.5. The van der Waals surface area contributed by atoms with Gasteiger partial charge < -0.3 is 10.2 Å². The number of halogens is 1. The van der Waals surface area contributed by atoms with Gasteiger partial charge in [0.1, 0.15) is 11.6 Å². The van der Waals surface area contributed by atoms with E-state index in [1.807, 2.05) is 10.9 Å². The maximum Gasteiger partial charge on any atom is 0.251 e. The van der Waals surface area contributed by atoms with Crippen molar-refractivity contribution in [3.8, 4) is 0 Å². The van der Waals surface area contributed by atoms with Gasteiger partial charge in [0.05, 0.1) is 18.1 Å². The highest BCUT2D eigenvalue weighted by atomic mass is 32.2. The van der Waals surface area contributed by atoms with Gasteiger partial charge in [-0.3, -0.25) is 4.79 Å². The molecule has 9 heteroatoms. The molecule has 3 aromatic rings. The third-order valence-electron chi connectivity index (χ3n) is 4.92. The second kappa shape index (κ2) is 8.99. The van der Waals surface area contributed by atoms with Crippen LogP contribution in [0.25, 0.3) is 11.0 Å². The maximum atomic E-state index is 13.0. The Balaban J connectivity index is 1.52. The minimum absolute atomic E-state index is 0.241. The van der Waals surface area contributed by atoms with Crippen molar-refractivity contribution in [3.05, 3.63) is 41.8 Å². The molecule has 0 unspecified atom stereocenters. The molecule has 0 spiro atoms. The Morgan fingerprint density at radius 2 is 1.93 bits per heavy atom. The molecule has 1 aliphatic heterocycles. The second-order valence-corrected chi connectivity index (χ2v) is 9.10. The zero-order chi connectivity index (χ0) is 21.1. The Bertz CT molecular complexity index is 1030. The van der Waals surface area contributed by atoms with E-state index in [2.05, 4.69) is 29.2 Å². The van der Waals surface area contributed by atoms with Crippen molar-refractivity contribution in [3.63, 3.8) is 0 Å². The molecule has 1 N–H and O–H groups in total. The molecule has 1 amide bonds. The van der Waals surface area contributed by atoms with Crippen LogP contribution in [0.4, 0.5) is 10.2 Å². The van der Waals surface area contributed by atoms with Crippen molar-refractivity contribution >= 4 is 34.5 Å². The minimum atomic E-state index is -0.363. The molecule has 0 atom stereocenters. The third-order valence-corrected chi connectivity index (χ3v) is 5.78. The molecule has 1 saturated heterocycles. The lowest BCUT2D eigenvalue weighted by molar-refractivity contribution is 0.0952. The number of amides is 1. The van der Waals surface area contributed by atoms with E-state index in [0.717, 1.165) is 35.1 Å². The summed E-state index contributed by atoms with van der Waals surface area (Å²) in [6.07, 6.45) is 4.15. The number of carbonyl (C=O) groups excluding carboxylic acids is 1. The monoisotopic (exact) mass is 428 g/mol. The van der Waals surface area contributed by atoms with Gasteiger partial charge in [0.25, 0.3) is 5.91 Å². The second-order valence-electron chi connectivity index (χ2n) is 7.56. The van der Waals surface area contributed by atoms with Crippen LogP contribution < -0.4 is 10.2 Å². The van der Waals surface area contributed by atoms with Crippen molar-refractivity contribution in [1.29, 1.82) is 0 Å². The summed E-state index contributed by atoms with van der Waals surface area (Å²) in [5.74, 6) is 0.343. The smallest absolute Gasteiger partial charge is 0.251 e. The van der Waals surface area contributed by atoms with Crippen molar-refractivity contribution in [2.24, 2.45) is 0 Å². The average molecular weight is 429 g/mol. The van der Waals surface area contributed by atoms with Crippen LogP contribution in [0.3, 0.4) is 0 Å². The molecule has 3 heterocycles. The Morgan fingerprint density at radius 1 is 1.20 bits per heavy atom. The summed E-state index contributed by atoms with van der Waals surface area (Å²) in [6.45, 7) is 7.11. The van der Waals surface area contributed by atoms with E-state index in [0.29, 0.717) is 23.9 Å². The molecule has 1 fully saturated rings. The maximum absolute atomic E-state index is 13.0. The first-order valence-electron chi connectivity index (χ1n) is 10.2. The van der Waals surface area contributed by atoms with E-state index < -0.39 is 0 Å². The molecule has 158 valence electrons. The minimum Gasteiger partial charge on any atom is -0.356 e. The van der Waals surface area contributed by atoms with Crippen LogP contribution in [-0.4, -0.2) is 50.5 Å². The summed E-state index contributed by atoms with van der Waals surface area (Å²) in [7, 11) is 0. The predicted octanol–water partition coefficient (Wildman–Crippen LogP) is 3.50. The number of thioether (sulfide) groups is 1. The van der Waals surface area contributed by atoms with Gasteiger partial charge in [-0.15, -0.1) is 0 Å². The van der Waals surface area contributed by atoms with Crippen LogP contribution in [0.2, 0.25) is 0 Å². The van der Waals surface area contributed by atoms with Crippen LogP contribution in [-0.2, 0) is 6.54 Å². The van der Waals surface area contributed by atoms with E-state index >= 15 is 0 Å². The van der Waals surface area contributed by atoms with Crippen molar-refractivity contribution in [2.45, 2.75) is 43.6 Å². The van der Waals surface area contributed by atoms with Crippen LogP contribution >= 0.6 is 11.8 Å². The lowest BCUT2D eigenvalue weighted by Gasteiger charge is -2.18. The number of rotatable bonds is 7. The molecule has 0 bridgehead atoms. The first-order valence-corrected chi connectivity index (χ1v) is 11.1. The van der Waals surface area contributed by atoms with E-state index in [9.17, 15) is 9.18 Å². The zero-order valence-electron chi connectivity index (χ0n) is 17.1. The fraction of sp³-hybridized carbons (Fsp3) is 0.429. The quantitative estimate of drug-likeness (QED) is 0.459. The molecule has 0 saturated carbocycles. The summed E-state index contributed by atoms with van der Waals surface area (Å²) >= 11 is 1.64. The highest BCUT2D eigenvalue weighted by Crippen LogP contribution is 2.30. The van der Waals surface area contributed by atoms with Gasteiger partial charge in [0.15, 0.2) is 10.8 Å². The van der Waals surface area contributed by atoms with Gasteiger partial charge in [-0.1, -0.05) is 25.6 Å². The van der Waals surface area contributed by atoms with E-state index in [1.54, 1.807) is 11.8 Å². The molecule has 0 aliphatic carbocycles. The summed E-state index contributed by atoms with van der Waals surface area (Å²) in [5.41, 5.74) is 1.21. The van der Waals surface area contributed by atoms with Crippen LogP contribution in [0.1, 0.15) is 37.0 Å². The van der Waals surface area contributed by atoms with Gasteiger partial charge in [0, 0.05) is 30.4 Å². The first kappa shape index (κ1) is 20.6. The highest BCUT2D eigenvalue weighted by Gasteiger charge is 2.21. The van der Waals surface area contributed by atoms with E-state index in [-0.39, 0.29) is 11.7 Å². The number of hydrogen-bond donors (Lipinski definition) is 1. The SMILES string of the molecule is CC(C)Sc1nc(N2CCCC2)c2cnn(CCNC(=O)c3ccc(F)cc3)c2n1. The topological polar surface area (TPSA) is 75.9 Å². The van der Waals surface area contributed by atoms with Gasteiger partial charge in [-0.25, -0.2) is 19.0 Å². The van der Waals surface area contributed by atoms with Crippen molar-refractivity contribution in [2.75, 3.05) is 24.5 Å². The molecule has 7 nitrogen and oxygen atoms in total. The number of carbonyl (C=O) groups is 1. The summed E-state index contributed by atoms with van der Waals surface area (Å²) in [4.78, 5) is 24.1. The standard InChI is InChI=1S/C21H25FN6OS/c1-14(2)30-21-25-18(27-10-3-4-11-27)17-13-24-28(19(17)26-21)12-9-23-20(29)15-5-7-16(22)8-6-15/h5-8,13-14H,3-4,9-12H2,1-2H3,(H,23,29). The number of fused-ring (bicyclic) bond motifs is 1. The Hall–Kier alpha value is -2.68. The number of hydrogen-bond acceptors (Lipinski definition) is 6. The number of anilines is 1. The molecule has 2 aromatic heterocycles. The molecule has 0 radical (unpaired) electrons. The lowest BCUT2D eigenvalue weighted by atomic mass is 10.2. The lowest BCUT2D eigenvalue weighted by Crippen LogP contribution is -2.27. The number of nitrogens with zero attached hydrogens (tertiary/aromatic N) is 5. The highest BCUT2D eigenvalue weighted by molar-refractivity contribution is 7.99. The Morgan fingerprint density at radius 3 is 2.63 bits per heavy atom. The average Bonchev–Trinajstić information content (AvgIpc) is 3.38. The summed E-state index contributed by atoms with van der Waals surface area (Å²) < 4.78 is 14.8. The van der Waals surface area contributed by atoms with Crippen molar-refractivity contribution in [1.82, 2.24) is 25.1 Å². The predicted molar refractivity (Wildman–Crippen MR) is 116 cm³/mol. The van der Waals surface area contributed by atoms with Crippen molar-refractivity contribution < 1.29 is 9.18 Å². The van der Waals surface area contributed by atoms with Crippen LogP contribution in [0.15, 0.2) is 35.6 Å². The largest absolute Gasteiger partial charge is 0.356 e. The fourth-order valence-corrected chi connectivity index (χ4v) is 4.20. The van der Waals surface area contributed by atoms with Gasteiger partial charge >= 0.3 is 0 Å². The molecular formula is C21H25FN6OS.